The van der Waals surface area contributed by atoms with Crippen LogP contribution < -0.4 is 4.72 Å². The van der Waals surface area contributed by atoms with E-state index in [2.05, 4.69) is 4.72 Å². The molecule has 0 saturated carbocycles. The Labute approximate surface area is 79.7 Å². The molecule has 1 saturated heterocycles. The highest BCUT2D eigenvalue weighted by Crippen LogP contribution is 2.16. The molecule has 0 amide bonds. The lowest BCUT2D eigenvalue weighted by molar-refractivity contribution is 0.180. The maximum absolute atomic E-state index is 11.2. The van der Waals surface area contributed by atoms with Crippen LogP contribution in [-0.2, 0) is 14.8 Å². The largest absolute Gasteiger partial charge is 0.381 e. The van der Waals surface area contributed by atoms with E-state index in [1.165, 1.54) is 0 Å². The molecule has 1 heterocycles. The van der Waals surface area contributed by atoms with Gasteiger partial charge in [0.1, 0.15) is 0 Å². The lowest BCUT2D eigenvalue weighted by atomic mass is 10.0. The van der Waals surface area contributed by atoms with E-state index >= 15 is 0 Å². The van der Waals surface area contributed by atoms with Crippen LogP contribution in [0.25, 0.3) is 0 Å². The van der Waals surface area contributed by atoms with Gasteiger partial charge >= 0.3 is 0 Å². The van der Waals surface area contributed by atoms with Gasteiger partial charge in [0.25, 0.3) is 0 Å². The van der Waals surface area contributed by atoms with Crippen molar-refractivity contribution in [1.82, 2.24) is 4.72 Å². The van der Waals surface area contributed by atoms with Crippen molar-refractivity contribution in [3.8, 4) is 0 Å². The Balaban J connectivity index is 2.44. The lowest BCUT2D eigenvalue weighted by Gasteiger charge is -2.18. The molecule has 1 aliphatic rings. The predicted octanol–water partition coefficient (Wildman–Crippen LogP) is 0.351. The van der Waals surface area contributed by atoms with Crippen molar-refractivity contribution >= 4 is 10.0 Å². The van der Waals surface area contributed by atoms with Gasteiger partial charge in [-0.15, -0.1) is 0 Å². The first kappa shape index (κ1) is 10.9. The number of sulfonamides is 1. The molecule has 2 unspecified atom stereocenters. The second kappa shape index (κ2) is 4.39. The zero-order valence-electron chi connectivity index (χ0n) is 8.12. The van der Waals surface area contributed by atoms with Crippen LogP contribution in [0, 0.1) is 5.92 Å². The summed E-state index contributed by atoms with van der Waals surface area (Å²) in [5, 5.41) is 0. The van der Waals surface area contributed by atoms with Gasteiger partial charge in [0, 0.05) is 18.6 Å². The van der Waals surface area contributed by atoms with Crippen LogP contribution in [0.5, 0.6) is 0 Å². The molecule has 1 rings (SSSR count). The van der Waals surface area contributed by atoms with Gasteiger partial charge in [-0.05, 0) is 20.3 Å². The zero-order valence-corrected chi connectivity index (χ0v) is 8.93. The molecular formula is C8H17NO3S. The zero-order chi connectivity index (χ0) is 9.90. The molecule has 1 aliphatic heterocycles. The number of rotatable bonds is 4. The predicted molar refractivity (Wildman–Crippen MR) is 51.0 cm³/mol. The highest BCUT2D eigenvalue weighted by atomic mass is 32.2. The fourth-order valence-electron chi connectivity index (χ4n) is 1.41. The smallest absolute Gasteiger partial charge is 0.211 e. The average molecular weight is 207 g/mol. The molecule has 78 valence electrons. The minimum absolute atomic E-state index is 0.00699. The summed E-state index contributed by atoms with van der Waals surface area (Å²) < 4.78 is 30.3. The first-order chi connectivity index (χ1) is 6.05. The van der Waals surface area contributed by atoms with Crippen LogP contribution in [0.1, 0.15) is 20.3 Å². The van der Waals surface area contributed by atoms with E-state index in [0.29, 0.717) is 12.5 Å². The lowest BCUT2D eigenvalue weighted by Crippen LogP contribution is -2.39. The summed E-state index contributed by atoms with van der Waals surface area (Å²) in [4.78, 5) is 0. The summed E-state index contributed by atoms with van der Waals surface area (Å²) in [7, 11) is -3.06. The maximum atomic E-state index is 11.2. The van der Waals surface area contributed by atoms with Crippen molar-refractivity contribution < 1.29 is 13.2 Å². The molecular weight excluding hydrogens is 190 g/mol. The molecule has 0 aliphatic carbocycles. The van der Waals surface area contributed by atoms with Crippen LogP contribution in [-0.4, -0.2) is 33.4 Å². The summed E-state index contributed by atoms with van der Waals surface area (Å²) >= 11 is 0. The van der Waals surface area contributed by atoms with Gasteiger partial charge in [0.15, 0.2) is 0 Å². The van der Waals surface area contributed by atoms with Gasteiger partial charge in [-0.2, -0.15) is 0 Å². The monoisotopic (exact) mass is 207 g/mol. The summed E-state index contributed by atoms with van der Waals surface area (Å²) in [6.07, 6.45) is 0.952. The van der Waals surface area contributed by atoms with Crippen LogP contribution >= 0.6 is 0 Å². The van der Waals surface area contributed by atoms with Gasteiger partial charge in [-0.3, -0.25) is 0 Å². The molecule has 0 radical (unpaired) electrons. The fourth-order valence-corrected chi connectivity index (χ4v) is 2.34. The van der Waals surface area contributed by atoms with Gasteiger partial charge in [0.2, 0.25) is 10.0 Å². The van der Waals surface area contributed by atoms with E-state index in [0.717, 1.165) is 13.0 Å². The number of nitrogens with one attached hydrogen (secondary N) is 1. The molecule has 2 atom stereocenters. The molecule has 4 nitrogen and oxygen atoms in total. The quantitative estimate of drug-likeness (QED) is 0.723. The molecule has 0 spiro atoms. The summed E-state index contributed by atoms with van der Waals surface area (Å²) in [6.45, 7) is 4.96. The van der Waals surface area contributed by atoms with E-state index < -0.39 is 10.0 Å². The van der Waals surface area contributed by atoms with Crippen LogP contribution in [0.3, 0.4) is 0 Å². The Morgan fingerprint density at radius 3 is 2.77 bits per heavy atom. The first-order valence-corrected chi connectivity index (χ1v) is 6.28. The number of ether oxygens (including phenoxy) is 1. The summed E-state index contributed by atoms with van der Waals surface area (Å²) in [6, 6.07) is -0.00699. The van der Waals surface area contributed by atoms with Crippen molar-refractivity contribution in [3.05, 3.63) is 0 Å². The topological polar surface area (TPSA) is 55.4 Å². The van der Waals surface area contributed by atoms with Gasteiger partial charge in [-0.1, -0.05) is 0 Å². The van der Waals surface area contributed by atoms with Crippen molar-refractivity contribution in [2.24, 2.45) is 5.92 Å². The third-order valence-electron chi connectivity index (χ3n) is 2.42. The summed E-state index contributed by atoms with van der Waals surface area (Å²) in [5.41, 5.74) is 0. The van der Waals surface area contributed by atoms with E-state index in [1.54, 1.807) is 6.92 Å². The highest BCUT2D eigenvalue weighted by molar-refractivity contribution is 7.89. The average Bonchev–Trinajstić information content (AvgIpc) is 2.55. The van der Waals surface area contributed by atoms with E-state index in [9.17, 15) is 8.42 Å². The molecule has 1 fully saturated rings. The van der Waals surface area contributed by atoms with Crippen LogP contribution in [0.4, 0.5) is 0 Å². The molecule has 5 heteroatoms. The van der Waals surface area contributed by atoms with E-state index in [1.807, 2.05) is 6.92 Å². The van der Waals surface area contributed by atoms with Crippen LogP contribution in [0.2, 0.25) is 0 Å². The number of hydrogen-bond donors (Lipinski definition) is 1. The third-order valence-corrected chi connectivity index (χ3v) is 3.91. The standard InChI is InChI=1S/C8H17NO3S/c1-3-13(10,11)9-7(2)8-4-5-12-6-8/h7-9H,3-6H2,1-2H3. The SMILES string of the molecule is CCS(=O)(=O)NC(C)C1CCOC1. The molecule has 0 aromatic rings. The number of hydrogen-bond acceptors (Lipinski definition) is 3. The van der Waals surface area contributed by atoms with E-state index in [-0.39, 0.29) is 11.8 Å². The normalized spacial score (nSPS) is 26.2. The fraction of sp³-hybridized carbons (Fsp3) is 1.00. The van der Waals surface area contributed by atoms with Gasteiger partial charge in [-0.25, -0.2) is 13.1 Å². The molecule has 0 aromatic heterocycles. The van der Waals surface area contributed by atoms with E-state index in [4.69, 9.17) is 4.74 Å². The minimum atomic E-state index is -3.06. The Morgan fingerprint density at radius 1 is 1.62 bits per heavy atom. The Morgan fingerprint density at radius 2 is 2.31 bits per heavy atom. The first-order valence-electron chi connectivity index (χ1n) is 4.63. The third kappa shape index (κ3) is 3.25. The Hall–Kier alpha value is -0.130. The second-order valence-electron chi connectivity index (χ2n) is 3.43. The van der Waals surface area contributed by atoms with Gasteiger partial charge in [0.05, 0.1) is 12.4 Å². The molecule has 0 aromatic carbocycles. The molecule has 0 bridgehead atoms. The second-order valence-corrected chi connectivity index (χ2v) is 5.48. The van der Waals surface area contributed by atoms with Crippen molar-refractivity contribution in [3.63, 3.8) is 0 Å². The summed E-state index contributed by atoms with van der Waals surface area (Å²) in [5.74, 6) is 0.478. The Bertz CT molecular complexity index is 244. The minimum Gasteiger partial charge on any atom is -0.381 e. The van der Waals surface area contributed by atoms with Crippen LogP contribution in [0.15, 0.2) is 0 Å². The highest BCUT2D eigenvalue weighted by Gasteiger charge is 2.24. The van der Waals surface area contributed by atoms with Crippen molar-refractivity contribution in [1.29, 1.82) is 0 Å². The van der Waals surface area contributed by atoms with Crippen molar-refractivity contribution in [2.75, 3.05) is 19.0 Å². The van der Waals surface area contributed by atoms with Crippen molar-refractivity contribution in [2.45, 2.75) is 26.3 Å². The Kier molecular flexibility index (Phi) is 3.70. The molecule has 13 heavy (non-hydrogen) atoms. The maximum Gasteiger partial charge on any atom is 0.211 e. The van der Waals surface area contributed by atoms with Gasteiger partial charge < -0.3 is 4.74 Å². The molecule has 1 N–H and O–H groups in total.